The number of hydrogen-bond acceptors (Lipinski definition) is 0. The van der Waals surface area contributed by atoms with Crippen molar-refractivity contribution in [1.29, 1.82) is 0 Å². The Hall–Kier alpha value is -1.24. The van der Waals surface area contributed by atoms with Crippen LogP contribution in [0.25, 0.3) is 21.5 Å². The fourth-order valence-corrected chi connectivity index (χ4v) is 3.74. The van der Waals surface area contributed by atoms with Crippen molar-refractivity contribution in [1.82, 2.24) is 0 Å². The zero-order valence-corrected chi connectivity index (χ0v) is 11.7. The molecule has 0 aliphatic heterocycles. The quantitative estimate of drug-likeness (QED) is 0.420. The minimum Gasteiger partial charge on any atom is -0.121 e. The molecule has 0 bridgehead atoms. The van der Waals surface area contributed by atoms with E-state index in [9.17, 15) is 0 Å². The summed E-state index contributed by atoms with van der Waals surface area (Å²) < 4.78 is 0. The van der Waals surface area contributed by atoms with E-state index in [0.717, 1.165) is 0 Å². The van der Waals surface area contributed by atoms with Crippen molar-refractivity contribution in [3.05, 3.63) is 60.2 Å². The normalized spacial score (nSPS) is 25.9. The minimum atomic E-state index is 0.0683. The predicted octanol–water partition coefficient (Wildman–Crippen LogP) is 5.31. The Morgan fingerprint density at radius 2 is 1.37 bits per heavy atom. The molecule has 0 amide bonds. The van der Waals surface area contributed by atoms with Crippen LogP contribution in [-0.2, 0) is 0 Å². The lowest BCUT2D eigenvalue weighted by atomic mass is 9.96. The zero-order valence-electron chi connectivity index (χ0n) is 10.2. The summed E-state index contributed by atoms with van der Waals surface area (Å²) in [6.45, 7) is 0. The largest absolute Gasteiger partial charge is 0.121 e. The van der Waals surface area contributed by atoms with Crippen LogP contribution in [0, 0.1) is 0 Å². The molecule has 2 heteroatoms. The molecule has 94 valence electrons. The van der Waals surface area contributed by atoms with Gasteiger partial charge in [-0.1, -0.05) is 54.6 Å². The van der Waals surface area contributed by atoms with Gasteiger partial charge in [-0.05, 0) is 27.1 Å². The van der Waals surface area contributed by atoms with Crippen molar-refractivity contribution in [3.8, 4) is 0 Å². The van der Waals surface area contributed by atoms with Crippen LogP contribution in [0.1, 0.15) is 11.5 Å². The Morgan fingerprint density at radius 1 is 0.632 bits per heavy atom. The van der Waals surface area contributed by atoms with Gasteiger partial charge in [0.2, 0.25) is 0 Å². The topological polar surface area (TPSA) is 0 Å². The van der Waals surface area contributed by atoms with E-state index in [4.69, 9.17) is 23.2 Å². The van der Waals surface area contributed by atoms with Gasteiger partial charge in [0.1, 0.15) is 0 Å². The molecule has 0 heterocycles. The zero-order chi connectivity index (χ0) is 13.0. The van der Waals surface area contributed by atoms with Gasteiger partial charge in [0, 0.05) is 5.92 Å². The fraction of sp³-hybridized carbons (Fsp3) is 0.176. The molecule has 1 aliphatic rings. The van der Waals surface area contributed by atoms with Gasteiger partial charge in [-0.15, -0.1) is 23.2 Å². The van der Waals surface area contributed by atoms with Gasteiger partial charge >= 0.3 is 0 Å². The first kappa shape index (κ1) is 11.6. The van der Waals surface area contributed by atoms with Gasteiger partial charge in [-0.25, -0.2) is 0 Å². The molecule has 2 unspecified atom stereocenters. The van der Waals surface area contributed by atoms with Crippen molar-refractivity contribution in [2.75, 3.05) is 0 Å². The van der Waals surface area contributed by atoms with Crippen LogP contribution in [-0.4, -0.2) is 10.8 Å². The van der Waals surface area contributed by atoms with Crippen molar-refractivity contribution in [3.63, 3.8) is 0 Å². The number of rotatable bonds is 1. The van der Waals surface area contributed by atoms with E-state index in [1.165, 1.54) is 27.1 Å². The molecular formula is C17H12Cl2. The Bertz CT molecular complexity index is 770. The highest BCUT2D eigenvalue weighted by Crippen LogP contribution is 2.51. The minimum absolute atomic E-state index is 0.0683. The first-order valence-electron chi connectivity index (χ1n) is 6.46. The van der Waals surface area contributed by atoms with Crippen LogP contribution in [0.4, 0.5) is 0 Å². The monoisotopic (exact) mass is 286 g/mol. The Balaban J connectivity index is 2.05. The van der Waals surface area contributed by atoms with Gasteiger partial charge in [0.15, 0.2) is 0 Å². The molecule has 0 nitrogen and oxygen atoms in total. The molecule has 19 heavy (non-hydrogen) atoms. The molecular weight excluding hydrogens is 275 g/mol. The number of hydrogen-bond donors (Lipinski definition) is 0. The second-order valence-corrected chi connectivity index (χ2v) is 6.15. The van der Waals surface area contributed by atoms with Gasteiger partial charge in [0.05, 0.1) is 10.8 Å². The third-order valence-electron chi connectivity index (χ3n) is 4.03. The standard InChI is InChI=1S/C17H12Cl2/c18-16-15(17(16)19)14-7-3-6-12-11-5-2-1-4-10(11)8-9-13(12)14/h1-9,15-17H. The Kier molecular flexibility index (Phi) is 2.51. The molecule has 4 rings (SSSR count). The summed E-state index contributed by atoms with van der Waals surface area (Å²) in [5.74, 6) is 0.285. The molecule has 0 spiro atoms. The summed E-state index contributed by atoms with van der Waals surface area (Å²) in [5, 5.41) is 5.26. The Labute approximate surface area is 121 Å². The first-order chi connectivity index (χ1) is 9.27. The molecule has 0 radical (unpaired) electrons. The summed E-state index contributed by atoms with van der Waals surface area (Å²) in [6.07, 6.45) is 0. The van der Waals surface area contributed by atoms with Gasteiger partial charge in [-0.2, -0.15) is 0 Å². The molecule has 2 atom stereocenters. The highest BCUT2D eigenvalue weighted by atomic mass is 35.5. The third kappa shape index (κ3) is 1.67. The van der Waals surface area contributed by atoms with Crippen molar-refractivity contribution < 1.29 is 0 Å². The van der Waals surface area contributed by atoms with Crippen LogP contribution >= 0.6 is 23.2 Å². The van der Waals surface area contributed by atoms with E-state index < -0.39 is 0 Å². The van der Waals surface area contributed by atoms with Crippen LogP contribution in [0.2, 0.25) is 0 Å². The molecule has 1 aliphatic carbocycles. The number of fused-ring (bicyclic) bond motifs is 3. The SMILES string of the molecule is ClC1C(Cl)C1c1cccc2c1ccc1ccccc12. The van der Waals surface area contributed by atoms with E-state index in [0.29, 0.717) is 0 Å². The maximum Gasteiger partial charge on any atom is 0.0589 e. The van der Waals surface area contributed by atoms with Crippen molar-refractivity contribution >= 4 is 44.7 Å². The van der Waals surface area contributed by atoms with E-state index in [1.807, 2.05) is 0 Å². The van der Waals surface area contributed by atoms with Gasteiger partial charge in [0.25, 0.3) is 0 Å². The van der Waals surface area contributed by atoms with E-state index >= 15 is 0 Å². The van der Waals surface area contributed by atoms with Crippen molar-refractivity contribution in [2.24, 2.45) is 0 Å². The summed E-state index contributed by atoms with van der Waals surface area (Å²) in [4.78, 5) is 0. The summed E-state index contributed by atoms with van der Waals surface area (Å²) >= 11 is 12.4. The van der Waals surface area contributed by atoms with E-state index in [-0.39, 0.29) is 16.7 Å². The average molecular weight is 287 g/mol. The lowest BCUT2D eigenvalue weighted by molar-refractivity contribution is 1.16. The van der Waals surface area contributed by atoms with Crippen LogP contribution in [0.15, 0.2) is 54.6 Å². The third-order valence-corrected chi connectivity index (χ3v) is 5.24. The fourth-order valence-electron chi connectivity index (χ4n) is 2.94. The highest BCUT2D eigenvalue weighted by Gasteiger charge is 2.49. The van der Waals surface area contributed by atoms with Crippen molar-refractivity contribution in [2.45, 2.75) is 16.7 Å². The maximum atomic E-state index is 6.22. The highest BCUT2D eigenvalue weighted by molar-refractivity contribution is 6.35. The second-order valence-electron chi connectivity index (χ2n) is 5.14. The maximum absolute atomic E-state index is 6.22. The molecule has 3 aromatic carbocycles. The average Bonchev–Trinajstić information content (AvgIpc) is 3.05. The molecule has 0 N–H and O–H groups in total. The first-order valence-corrected chi connectivity index (χ1v) is 7.33. The summed E-state index contributed by atoms with van der Waals surface area (Å²) in [5.41, 5.74) is 1.28. The van der Waals surface area contributed by atoms with E-state index in [2.05, 4.69) is 54.6 Å². The van der Waals surface area contributed by atoms with Gasteiger partial charge < -0.3 is 0 Å². The number of benzene rings is 3. The number of alkyl halides is 2. The second kappa shape index (κ2) is 4.13. The van der Waals surface area contributed by atoms with Crippen LogP contribution < -0.4 is 0 Å². The van der Waals surface area contributed by atoms with Gasteiger partial charge in [-0.3, -0.25) is 0 Å². The molecule has 1 saturated carbocycles. The molecule has 3 aromatic rings. The molecule has 0 saturated heterocycles. The smallest absolute Gasteiger partial charge is 0.0589 e. The summed E-state index contributed by atoms with van der Waals surface area (Å²) in [6, 6.07) is 19.3. The molecule has 1 fully saturated rings. The predicted molar refractivity (Wildman–Crippen MR) is 83.5 cm³/mol. The van der Waals surface area contributed by atoms with Crippen LogP contribution in [0.3, 0.4) is 0 Å². The Morgan fingerprint density at radius 3 is 2.16 bits per heavy atom. The molecule has 0 aromatic heterocycles. The van der Waals surface area contributed by atoms with E-state index in [1.54, 1.807) is 0 Å². The number of halogens is 2. The lowest BCUT2D eigenvalue weighted by Gasteiger charge is -2.08. The lowest BCUT2D eigenvalue weighted by Crippen LogP contribution is -1.87. The summed E-state index contributed by atoms with van der Waals surface area (Å²) in [7, 11) is 0. The van der Waals surface area contributed by atoms with Crippen LogP contribution in [0.5, 0.6) is 0 Å².